The highest BCUT2D eigenvalue weighted by Crippen LogP contribution is 2.29. The predicted octanol–water partition coefficient (Wildman–Crippen LogP) is 2.86. The molecule has 0 radical (unpaired) electrons. The van der Waals surface area contributed by atoms with E-state index < -0.39 is 0 Å². The lowest BCUT2D eigenvalue weighted by molar-refractivity contribution is 0.0925. The molecule has 1 aliphatic rings. The van der Waals surface area contributed by atoms with Gasteiger partial charge in [-0.15, -0.1) is 11.3 Å². The lowest BCUT2D eigenvalue weighted by Gasteiger charge is -2.29. The summed E-state index contributed by atoms with van der Waals surface area (Å²) >= 11 is 1.43. The van der Waals surface area contributed by atoms with Crippen molar-refractivity contribution in [2.24, 2.45) is 12.8 Å². The summed E-state index contributed by atoms with van der Waals surface area (Å²) in [4.78, 5) is 18.0. The summed E-state index contributed by atoms with van der Waals surface area (Å²) in [6.45, 7) is 0. The highest BCUT2D eigenvalue weighted by molar-refractivity contribution is 7.12. The molecule has 0 saturated heterocycles. The number of amides is 1. The molecular weight excluding hydrogens is 398 g/mol. The average Bonchev–Trinajstić information content (AvgIpc) is 3.48. The SMILES string of the molecule is Cn1cc(-c2cnc3c(-c4csc(C(=O)N[C@H]5CCCC[C@H]5N)c4)cnn3c2)cn1. The second-order valence-electron chi connectivity index (χ2n) is 7.80. The maximum absolute atomic E-state index is 12.7. The van der Waals surface area contributed by atoms with Crippen molar-refractivity contribution in [3.05, 3.63) is 47.3 Å². The fourth-order valence-electron chi connectivity index (χ4n) is 3.97. The van der Waals surface area contributed by atoms with E-state index in [0.717, 1.165) is 53.6 Å². The Bertz CT molecular complexity index is 1210. The second-order valence-corrected chi connectivity index (χ2v) is 8.71. The summed E-state index contributed by atoms with van der Waals surface area (Å²) < 4.78 is 3.52. The van der Waals surface area contributed by atoms with Gasteiger partial charge in [-0.25, -0.2) is 9.50 Å². The van der Waals surface area contributed by atoms with Crippen LogP contribution in [0, 0.1) is 0 Å². The van der Waals surface area contributed by atoms with E-state index in [-0.39, 0.29) is 18.0 Å². The van der Waals surface area contributed by atoms with Gasteiger partial charge in [0.2, 0.25) is 0 Å². The maximum atomic E-state index is 12.7. The minimum atomic E-state index is -0.0584. The summed E-state index contributed by atoms with van der Waals surface area (Å²) in [6.07, 6.45) is 13.5. The number of fused-ring (bicyclic) bond motifs is 1. The van der Waals surface area contributed by atoms with E-state index in [4.69, 9.17) is 5.73 Å². The Morgan fingerprint density at radius 2 is 1.97 bits per heavy atom. The van der Waals surface area contributed by atoms with Crippen molar-refractivity contribution in [3.8, 4) is 22.3 Å². The minimum Gasteiger partial charge on any atom is -0.347 e. The molecule has 4 aromatic rings. The molecule has 0 spiro atoms. The Morgan fingerprint density at radius 3 is 2.77 bits per heavy atom. The van der Waals surface area contributed by atoms with Crippen LogP contribution in [-0.2, 0) is 7.05 Å². The van der Waals surface area contributed by atoms with Gasteiger partial charge in [0.1, 0.15) is 0 Å². The highest BCUT2D eigenvalue weighted by Gasteiger charge is 2.24. The maximum Gasteiger partial charge on any atom is 0.261 e. The van der Waals surface area contributed by atoms with Crippen molar-refractivity contribution in [2.45, 2.75) is 37.8 Å². The van der Waals surface area contributed by atoms with E-state index in [1.165, 1.54) is 11.3 Å². The van der Waals surface area contributed by atoms with Gasteiger partial charge in [-0.2, -0.15) is 10.2 Å². The molecule has 9 heteroatoms. The summed E-state index contributed by atoms with van der Waals surface area (Å²) in [7, 11) is 1.88. The first-order valence-corrected chi connectivity index (χ1v) is 10.9. The topological polar surface area (TPSA) is 103 Å². The molecule has 5 rings (SSSR count). The number of nitrogens with zero attached hydrogens (tertiary/aromatic N) is 5. The molecule has 0 aliphatic heterocycles. The molecule has 154 valence electrons. The van der Waals surface area contributed by atoms with Crippen LogP contribution in [0.25, 0.3) is 27.9 Å². The van der Waals surface area contributed by atoms with Gasteiger partial charge in [-0.3, -0.25) is 9.48 Å². The second kappa shape index (κ2) is 7.66. The Morgan fingerprint density at radius 1 is 1.13 bits per heavy atom. The van der Waals surface area contributed by atoms with Gasteiger partial charge in [0.15, 0.2) is 5.65 Å². The van der Waals surface area contributed by atoms with Crippen molar-refractivity contribution < 1.29 is 4.79 Å². The summed E-state index contributed by atoms with van der Waals surface area (Å²) in [5.74, 6) is -0.0584. The number of hydrogen-bond acceptors (Lipinski definition) is 6. The third kappa shape index (κ3) is 3.50. The van der Waals surface area contributed by atoms with Crippen molar-refractivity contribution in [1.29, 1.82) is 0 Å². The zero-order valence-corrected chi connectivity index (χ0v) is 17.5. The fourth-order valence-corrected chi connectivity index (χ4v) is 4.78. The highest BCUT2D eigenvalue weighted by atomic mass is 32.1. The van der Waals surface area contributed by atoms with Crippen LogP contribution in [0.2, 0.25) is 0 Å². The third-order valence-electron chi connectivity index (χ3n) is 5.66. The molecule has 1 aliphatic carbocycles. The number of carbonyl (C=O) groups excluding carboxylic acids is 1. The minimum absolute atomic E-state index is 0.0416. The molecule has 4 aromatic heterocycles. The van der Waals surface area contributed by atoms with E-state index in [1.807, 2.05) is 37.1 Å². The van der Waals surface area contributed by atoms with Crippen LogP contribution >= 0.6 is 11.3 Å². The molecule has 0 bridgehead atoms. The summed E-state index contributed by atoms with van der Waals surface area (Å²) in [5.41, 5.74) is 10.7. The standard InChI is InChI=1S/C21H23N7OS/c1-27-10-15(8-24-27)14-7-23-20-16(9-25-28(20)11-14)13-6-19(30-12-13)21(29)26-18-5-3-2-4-17(18)22/h6-12,17-18H,2-5,22H2,1H3,(H,26,29)/t17-,18+/m1/s1. The molecule has 0 unspecified atom stereocenters. The van der Waals surface area contributed by atoms with Gasteiger partial charge in [-0.05, 0) is 29.9 Å². The molecule has 1 fully saturated rings. The molecule has 2 atom stereocenters. The molecular formula is C21H23N7OS. The zero-order valence-electron chi connectivity index (χ0n) is 16.7. The van der Waals surface area contributed by atoms with Crippen molar-refractivity contribution >= 4 is 22.9 Å². The zero-order chi connectivity index (χ0) is 20.7. The number of thiophene rings is 1. The quantitative estimate of drug-likeness (QED) is 0.527. The number of aromatic nitrogens is 5. The van der Waals surface area contributed by atoms with Gasteiger partial charge in [0.05, 0.1) is 17.3 Å². The first-order chi connectivity index (χ1) is 14.6. The first-order valence-electron chi connectivity index (χ1n) is 10.1. The number of carbonyl (C=O) groups is 1. The normalized spacial score (nSPS) is 19.3. The van der Waals surface area contributed by atoms with E-state index in [1.54, 1.807) is 21.6 Å². The van der Waals surface area contributed by atoms with Gasteiger partial charge < -0.3 is 11.1 Å². The number of rotatable bonds is 4. The Labute approximate surface area is 177 Å². The Kier molecular flexibility index (Phi) is 4.84. The van der Waals surface area contributed by atoms with Gasteiger partial charge >= 0.3 is 0 Å². The third-order valence-corrected chi connectivity index (χ3v) is 6.59. The van der Waals surface area contributed by atoms with Gasteiger partial charge in [0.25, 0.3) is 5.91 Å². The summed E-state index contributed by atoms with van der Waals surface area (Å²) in [5, 5.41) is 13.8. The number of nitrogens with one attached hydrogen (secondary N) is 1. The van der Waals surface area contributed by atoms with Crippen molar-refractivity contribution in [2.75, 3.05) is 0 Å². The van der Waals surface area contributed by atoms with E-state index in [0.29, 0.717) is 4.88 Å². The molecule has 8 nitrogen and oxygen atoms in total. The van der Waals surface area contributed by atoms with Crippen molar-refractivity contribution in [1.82, 2.24) is 29.7 Å². The van der Waals surface area contributed by atoms with Gasteiger partial charge in [-0.1, -0.05) is 12.8 Å². The monoisotopic (exact) mass is 421 g/mol. The molecule has 1 amide bonds. The molecule has 1 saturated carbocycles. The van der Waals surface area contributed by atoms with Crippen LogP contribution in [-0.4, -0.2) is 42.4 Å². The van der Waals surface area contributed by atoms with E-state index >= 15 is 0 Å². The number of nitrogens with two attached hydrogens (primary N) is 1. The van der Waals surface area contributed by atoms with Crippen LogP contribution in [0.1, 0.15) is 35.4 Å². The fraction of sp³-hybridized carbons (Fsp3) is 0.333. The number of aryl methyl sites for hydroxylation is 1. The molecule has 30 heavy (non-hydrogen) atoms. The largest absolute Gasteiger partial charge is 0.347 e. The predicted molar refractivity (Wildman–Crippen MR) is 116 cm³/mol. The lowest BCUT2D eigenvalue weighted by Crippen LogP contribution is -2.49. The van der Waals surface area contributed by atoms with E-state index in [9.17, 15) is 4.79 Å². The van der Waals surface area contributed by atoms with Crippen molar-refractivity contribution in [3.63, 3.8) is 0 Å². The van der Waals surface area contributed by atoms with Crippen LogP contribution in [0.15, 0.2) is 42.4 Å². The summed E-state index contributed by atoms with van der Waals surface area (Å²) in [6, 6.07) is 2.00. The van der Waals surface area contributed by atoms with Crippen LogP contribution in [0.4, 0.5) is 0 Å². The number of hydrogen-bond donors (Lipinski definition) is 2. The molecule has 3 N–H and O–H groups in total. The first kappa shape index (κ1) is 19.0. The van der Waals surface area contributed by atoms with Crippen LogP contribution < -0.4 is 11.1 Å². The van der Waals surface area contributed by atoms with Gasteiger partial charge in [0, 0.05) is 54.4 Å². The Hall–Kier alpha value is -3.04. The van der Waals surface area contributed by atoms with E-state index in [2.05, 4.69) is 20.5 Å². The molecule has 4 heterocycles. The smallest absolute Gasteiger partial charge is 0.261 e. The average molecular weight is 422 g/mol. The molecule has 0 aromatic carbocycles. The van der Waals surface area contributed by atoms with Crippen LogP contribution in [0.3, 0.4) is 0 Å². The lowest BCUT2D eigenvalue weighted by atomic mass is 9.91. The Balaban J connectivity index is 1.38. The van der Waals surface area contributed by atoms with Crippen LogP contribution in [0.5, 0.6) is 0 Å².